The summed E-state index contributed by atoms with van der Waals surface area (Å²) in [5, 5.41) is 8.33. The predicted molar refractivity (Wildman–Crippen MR) is 104 cm³/mol. The van der Waals surface area contributed by atoms with Crippen LogP contribution < -0.4 is 14.8 Å². The molecule has 4 rings (SSSR count). The third-order valence-corrected chi connectivity index (χ3v) is 5.34. The number of hydrogen-bond donors (Lipinski definition) is 1. The second-order valence-electron chi connectivity index (χ2n) is 6.65. The molecular formula is C18H23N5O2S. The molecule has 8 heteroatoms. The highest BCUT2D eigenvalue weighted by Gasteiger charge is 2.21. The molecule has 0 radical (unpaired) electrons. The molecule has 26 heavy (non-hydrogen) atoms. The number of piperazine rings is 1. The van der Waals surface area contributed by atoms with E-state index in [1.54, 1.807) is 0 Å². The Morgan fingerprint density at radius 2 is 1.96 bits per heavy atom. The van der Waals surface area contributed by atoms with Gasteiger partial charge in [-0.05, 0) is 36.8 Å². The molecule has 0 unspecified atom stereocenters. The molecule has 7 nitrogen and oxygen atoms in total. The molecule has 0 atom stereocenters. The maximum absolute atomic E-state index is 5.58. The fraction of sp³-hybridized carbons (Fsp3) is 0.444. The Bertz CT molecular complexity index is 814. The lowest BCUT2D eigenvalue weighted by atomic mass is 10.1. The van der Waals surface area contributed by atoms with Gasteiger partial charge in [0.1, 0.15) is 0 Å². The van der Waals surface area contributed by atoms with E-state index in [1.165, 1.54) is 5.56 Å². The normalized spacial score (nSPS) is 16.8. The highest BCUT2D eigenvalue weighted by atomic mass is 32.1. The summed E-state index contributed by atoms with van der Waals surface area (Å²) in [5.74, 6) is 1.68. The number of benzene rings is 1. The van der Waals surface area contributed by atoms with Crippen molar-refractivity contribution in [2.24, 2.45) is 7.05 Å². The Morgan fingerprint density at radius 1 is 1.19 bits per heavy atom. The molecular weight excluding hydrogens is 350 g/mol. The number of rotatable bonds is 3. The summed E-state index contributed by atoms with van der Waals surface area (Å²) < 4.78 is 12.7. The van der Waals surface area contributed by atoms with Crippen LogP contribution in [-0.2, 0) is 13.6 Å². The Kier molecular flexibility index (Phi) is 4.69. The van der Waals surface area contributed by atoms with Crippen molar-refractivity contribution in [1.82, 2.24) is 19.6 Å². The van der Waals surface area contributed by atoms with E-state index in [4.69, 9.17) is 21.7 Å². The lowest BCUT2D eigenvalue weighted by Gasteiger charge is -2.36. The number of thiocarbonyl (C=S) groups is 1. The van der Waals surface area contributed by atoms with Gasteiger partial charge in [-0.25, -0.2) is 0 Å². The van der Waals surface area contributed by atoms with E-state index < -0.39 is 0 Å². The smallest absolute Gasteiger partial charge is 0.231 e. The lowest BCUT2D eigenvalue weighted by Crippen LogP contribution is -2.49. The van der Waals surface area contributed by atoms with Gasteiger partial charge < -0.3 is 19.7 Å². The van der Waals surface area contributed by atoms with Crippen molar-refractivity contribution in [2.75, 3.05) is 38.3 Å². The fourth-order valence-corrected chi connectivity index (χ4v) is 3.51. The first-order chi connectivity index (χ1) is 12.6. The zero-order valence-electron chi connectivity index (χ0n) is 15.1. The Labute approximate surface area is 158 Å². The van der Waals surface area contributed by atoms with E-state index >= 15 is 0 Å². The Morgan fingerprint density at radius 3 is 2.69 bits per heavy atom. The maximum Gasteiger partial charge on any atom is 0.231 e. The van der Waals surface area contributed by atoms with Crippen LogP contribution in [0.5, 0.6) is 11.5 Å². The van der Waals surface area contributed by atoms with E-state index in [0.29, 0.717) is 6.79 Å². The molecule has 3 heterocycles. The zero-order valence-corrected chi connectivity index (χ0v) is 15.9. The van der Waals surface area contributed by atoms with Crippen LogP contribution in [0.4, 0.5) is 5.69 Å². The van der Waals surface area contributed by atoms with Gasteiger partial charge in [0.2, 0.25) is 6.79 Å². The molecule has 1 aromatic carbocycles. The molecule has 138 valence electrons. The second kappa shape index (κ2) is 7.13. The van der Waals surface area contributed by atoms with Crippen LogP contribution in [0, 0.1) is 6.92 Å². The Balaban J connectivity index is 1.30. The molecule has 2 aromatic rings. The number of ether oxygens (including phenoxy) is 2. The van der Waals surface area contributed by atoms with Crippen molar-refractivity contribution in [2.45, 2.75) is 13.5 Å². The van der Waals surface area contributed by atoms with Gasteiger partial charge >= 0.3 is 0 Å². The minimum absolute atomic E-state index is 0.318. The number of aryl methyl sites for hydroxylation is 1. The first-order valence-corrected chi connectivity index (χ1v) is 9.16. The number of fused-ring (bicyclic) bond motifs is 1. The van der Waals surface area contributed by atoms with Crippen LogP contribution in [0.1, 0.15) is 11.3 Å². The highest BCUT2D eigenvalue weighted by Crippen LogP contribution is 2.32. The van der Waals surface area contributed by atoms with E-state index in [1.807, 2.05) is 30.9 Å². The summed E-state index contributed by atoms with van der Waals surface area (Å²) in [6, 6.07) is 6.17. The molecule has 0 bridgehead atoms. The van der Waals surface area contributed by atoms with Crippen LogP contribution in [0.15, 0.2) is 24.4 Å². The lowest BCUT2D eigenvalue weighted by molar-refractivity contribution is 0.173. The summed E-state index contributed by atoms with van der Waals surface area (Å²) in [7, 11) is 1.93. The van der Waals surface area contributed by atoms with Crippen molar-refractivity contribution < 1.29 is 9.47 Å². The van der Waals surface area contributed by atoms with E-state index in [2.05, 4.69) is 32.3 Å². The average molecular weight is 373 g/mol. The van der Waals surface area contributed by atoms with Crippen molar-refractivity contribution in [3.8, 4) is 11.5 Å². The van der Waals surface area contributed by atoms with E-state index in [9.17, 15) is 0 Å². The molecule has 0 aliphatic carbocycles. The van der Waals surface area contributed by atoms with Crippen molar-refractivity contribution in [3.05, 3.63) is 35.7 Å². The molecule has 0 saturated carbocycles. The van der Waals surface area contributed by atoms with Gasteiger partial charge in [0.15, 0.2) is 16.6 Å². The third-order valence-electron chi connectivity index (χ3n) is 4.98. The maximum atomic E-state index is 5.58. The summed E-state index contributed by atoms with van der Waals surface area (Å²) in [5.41, 5.74) is 3.29. The predicted octanol–water partition coefficient (Wildman–Crippen LogP) is 1.97. The summed E-state index contributed by atoms with van der Waals surface area (Å²) in [6.07, 6.45) is 1.82. The monoisotopic (exact) mass is 373 g/mol. The SMILES string of the molecule is Cc1c(NC(=S)N2CCN(Cc3ccc4c(c3)OCO4)CC2)cnn1C. The molecule has 1 aromatic heterocycles. The number of nitrogens with zero attached hydrogens (tertiary/aromatic N) is 4. The van der Waals surface area contributed by atoms with Gasteiger partial charge in [0, 0.05) is 39.8 Å². The quantitative estimate of drug-likeness (QED) is 0.826. The first kappa shape index (κ1) is 17.1. The fourth-order valence-electron chi connectivity index (χ4n) is 3.22. The summed E-state index contributed by atoms with van der Waals surface area (Å²) in [4.78, 5) is 4.66. The van der Waals surface area contributed by atoms with E-state index in [0.717, 1.165) is 60.7 Å². The zero-order chi connectivity index (χ0) is 18.1. The molecule has 1 fully saturated rings. The molecule has 2 aliphatic rings. The topological polar surface area (TPSA) is 54.8 Å². The summed E-state index contributed by atoms with van der Waals surface area (Å²) in [6.45, 7) is 7.03. The molecule has 0 spiro atoms. The van der Waals surface area contributed by atoms with Gasteiger partial charge in [0.25, 0.3) is 0 Å². The summed E-state index contributed by atoms with van der Waals surface area (Å²) >= 11 is 5.58. The molecule has 0 amide bonds. The number of nitrogens with one attached hydrogen (secondary N) is 1. The number of anilines is 1. The minimum Gasteiger partial charge on any atom is -0.454 e. The minimum atomic E-state index is 0.318. The van der Waals surface area contributed by atoms with Crippen LogP contribution in [0.3, 0.4) is 0 Å². The molecule has 1 N–H and O–H groups in total. The molecule has 2 aliphatic heterocycles. The first-order valence-electron chi connectivity index (χ1n) is 8.75. The number of aromatic nitrogens is 2. The van der Waals surface area contributed by atoms with Crippen molar-refractivity contribution >= 4 is 23.0 Å². The van der Waals surface area contributed by atoms with Gasteiger partial charge in [-0.15, -0.1) is 0 Å². The standard InChI is InChI=1S/C18H23N5O2S/c1-13-15(10-19-21(13)2)20-18(26)23-7-5-22(6-8-23)11-14-3-4-16-17(9-14)25-12-24-16/h3-4,9-10H,5-8,11-12H2,1-2H3,(H,20,26). The highest BCUT2D eigenvalue weighted by molar-refractivity contribution is 7.80. The van der Waals surface area contributed by atoms with Crippen LogP contribution in [0.2, 0.25) is 0 Å². The van der Waals surface area contributed by atoms with Crippen molar-refractivity contribution in [1.29, 1.82) is 0 Å². The Hall–Kier alpha value is -2.32. The largest absolute Gasteiger partial charge is 0.454 e. The second-order valence-corrected chi connectivity index (χ2v) is 7.03. The van der Waals surface area contributed by atoms with Gasteiger partial charge in [0.05, 0.1) is 17.6 Å². The molecule has 1 saturated heterocycles. The van der Waals surface area contributed by atoms with Gasteiger partial charge in [-0.1, -0.05) is 6.07 Å². The van der Waals surface area contributed by atoms with Gasteiger partial charge in [-0.3, -0.25) is 9.58 Å². The average Bonchev–Trinajstić information content (AvgIpc) is 3.23. The van der Waals surface area contributed by atoms with E-state index in [-0.39, 0.29) is 0 Å². The van der Waals surface area contributed by atoms with Crippen LogP contribution in [0.25, 0.3) is 0 Å². The number of hydrogen-bond acceptors (Lipinski definition) is 5. The van der Waals surface area contributed by atoms with Crippen LogP contribution >= 0.6 is 12.2 Å². The third kappa shape index (κ3) is 3.47. The van der Waals surface area contributed by atoms with Gasteiger partial charge in [-0.2, -0.15) is 5.10 Å². The van der Waals surface area contributed by atoms with Crippen LogP contribution in [-0.4, -0.2) is 57.7 Å². The van der Waals surface area contributed by atoms with Crippen molar-refractivity contribution in [3.63, 3.8) is 0 Å².